The van der Waals surface area contributed by atoms with Crippen LogP contribution in [0.2, 0.25) is 0 Å². The molecule has 0 heterocycles. The van der Waals surface area contributed by atoms with Gasteiger partial charge in [0.2, 0.25) is 5.91 Å². The summed E-state index contributed by atoms with van der Waals surface area (Å²) in [7, 11) is 0. The molecular formula is C15H12BrFN2O2. The summed E-state index contributed by atoms with van der Waals surface area (Å²) in [6, 6.07) is 8.86. The van der Waals surface area contributed by atoms with Gasteiger partial charge in [0.25, 0.3) is 0 Å². The van der Waals surface area contributed by atoms with Gasteiger partial charge in [-0.3, -0.25) is 9.59 Å². The van der Waals surface area contributed by atoms with Crippen LogP contribution in [-0.4, -0.2) is 11.7 Å². The van der Waals surface area contributed by atoms with E-state index in [1.807, 2.05) is 0 Å². The van der Waals surface area contributed by atoms with Crippen LogP contribution in [0.15, 0.2) is 40.9 Å². The fraction of sp³-hybridized carbons (Fsp3) is 0.0667. The number of rotatable bonds is 3. The maximum atomic E-state index is 13.3. The molecule has 0 bridgehead atoms. The summed E-state index contributed by atoms with van der Waals surface area (Å²) in [6.07, 6.45) is 0. The van der Waals surface area contributed by atoms with Crippen molar-refractivity contribution < 1.29 is 14.0 Å². The summed E-state index contributed by atoms with van der Waals surface area (Å²) in [5.74, 6) is -1.06. The number of nitrogens with one attached hydrogen (secondary N) is 1. The van der Waals surface area contributed by atoms with E-state index in [1.165, 1.54) is 13.0 Å². The lowest BCUT2D eigenvalue weighted by Crippen LogP contribution is -2.07. The van der Waals surface area contributed by atoms with Crippen molar-refractivity contribution in [2.24, 2.45) is 0 Å². The molecule has 108 valence electrons. The van der Waals surface area contributed by atoms with E-state index in [-0.39, 0.29) is 22.9 Å². The van der Waals surface area contributed by atoms with Gasteiger partial charge < -0.3 is 11.1 Å². The van der Waals surface area contributed by atoms with Crippen molar-refractivity contribution in [3.63, 3.8) is 0 Å². The summed E-state index contributed by atoms with van der Waals surface area (Å²) in [6.45, 7) is 1.40. The minimum atomic E-state index is -0.584. The number of hydrogen-bond donors (Lipinski definition) is 2. The minimum absolute atomic E-state index is 0.0867. The Balaban J connectivity index is 2.32. The monoisotopic (exact) mass is 350 g/mol. The Morgan fingerprint density at radius 3 is 2.38 bits per heavy atom. The maximum absolute atomic E-state index is 13.3. The molecule has 0 aliphatic rings. The number of nitrogen functional groups attached to an aromatic ring is 1. The van der Waals surface area contributed by atoms with E-state index in [9.17, 15) is 14.0 Å². The first-order valence-corrected chi connectivity index (χ1v) is 6.84. The van der Waals surface area contributed by atoms with Gasteiger partial charge in [0.1, 0.15) is 5.82 Å². The number of nitrogens with two attached hydrogens (primary N) is 1. The second kappa shape index (κ2) is 6.05. The number of benzene rings is 2. The third-order valence-electron chi connectivity index (χ3n) is 2.80. The highest BCUT2D eigenvalue weighted by molar-refractivity contribution is 9.10. The summed E-state index contributed by atoms with van der Waals surface area (Å²) in [4.78, 5) is 23.3. The van der Waals surface area contributed by atoms with Gasteiger partial charge in [-0.1, -0.05) is 0 Å². The fourth-order valence-corrected chi connectivity index (χ4v) is 2.30. The highest BCUT2D eigenvalue weighted by atomic mass is 79.9. The molecule has 4 nitrogen and oxygen atoms in total. The average molecular weight is 351 g/mol. The zero-order valence-corrected chi connectivity index (χ0v) is 12.7. The zero-order valence-electron chi connectivity index (χ0n) is 11.1. The first kappa shape index (κ1) is 15.2. The standard InChI is InChI=1S/C15H12BrFN2O2/c1-8(20)19-10-4-2-9(3-5-10)15(21)11-6-14(18)13(17)7-12(11)16/h2-7H,18H2,1H3,(H,19,20). The molecule has 0 aliphatic carbocycles. The molecule has 0 radical (unpaired) electrons. The van der Waals surface area contributed by atoms with E-state index < -0.39 is 5.82 Å². The number of ketones is 1. The number of carbonyl (C=O) groups excluding carboxylic acids is 2. The van der Waals surface area contributed by atoms with Crippen LogP contribution in [0.1, 0.15) is 22.8 Å². The lowest BCUT2D eigenvalue weighted by molar-refractivity contribution is -0.114. The molecule has 2 aromatic rings. The highest BCUT2D eigenvalue weighted by Gasteiger charge is 2.15. The van der Waals surface area contributed by atoms with Crippen LogP contribution in [0.25, 0.3) is 0 Å². The molecule has 3 N–H and O–H groups in total. The van der Waals surface area contributed by atoms with Gasteiger partial charge in [-0.05, 0) is 52.3 Å². The lowest BCUT2D eigenvalue weighted by atomic mass is 10.0. The molecular weight excluding hydrogens is 339 g/mol. The summed E-state index contributed by atoms with van der Waals surface area (Å²) >= 11 is 3.15. The number of anilines is 2. The molecule has 0 fully saturated rings. The van der Waals surface area contributed by atoms with Crippen molar-refractivity contribution in [2.45, 2.75) is 6.92 Å². The predicted molar refractivity (Wildman–Crippen MR) is 82.7 cm³/mol. The van der Waals surface area contributed by atoms with Crippen LogP contribution in [0.3, 0.4) is 0 Å². The van der Waals surface area contributed by atoms with E-state index in [1.54, 1.807) is 24.3 Å². The topological polar surface area (TPSA) is 72.2 Å². The Bertz CT molecular complexity index is 714. The summed E-state index contributed by atoms with van der Waals surface area (Å²) in [5.41, 5.74) is 6.69. The fourth-order valence-electron chi connectivity index (χ4n) is 1.80. The smallest absolute Gasteiger partial charge is 0.221 e. The van der Waals surface area contributed by atoms with E-state index in [0.29, 0.717) is 15.7 Å². The molecule has 0 atom stereocenters. The molecule has 0 spiro atoms. The third kappa shape index (κ3) is 3.46. The maximum Gasteiger partial charge on any atom is 0.221 e. The molecule has 0 aromatic heterocycles. The number of halogens is 2. The molecule has 0 saturated carbocycles. The Labute approximate surface area is 129 Å². The van der Waals surface area contributed by atoms with Gasteiger partial charge in [0.05, 0.1) is 5.69 Å². The normalized spacial score (nSPS) is 10.2. The van der Waals surface area contributed by atoms with E-state index in [0.717, 1.165) is 6.07 Å². The summed E-state index contributed by atoms with van der Waals surface area (Å²) in [5, 5.41) is 2.61. The Morgan fingerprint density at radius 1 is 1.19 bits per heavy atom. The Morgan fingerprint density at radius 2 is 1.81 bits per heavy atom. The van der Waals surface area contributed by atoms with Gasteiger partial charge in [-0.2, -0.15) is 0 Å². The Kier molecular flexibility index (Phi) is 4.37. The van der Waals surface area contributed by atoms with Crippen LogP contribution in [0.4, 0.5) is 15.8 Å². The van der Waals surface area contributed by atoms with Crippen LogP contribution in [-0.2, 0) is 4.79 Å². The first-order chi connectivity index (χ1) is 9.88. The van der Waals surface area contributed by atoms with E-state index in [2.05, 4.69) is 21.2 Å². The molecule has 2 aromatic carbocycles. The van der Waals surface area contributed by atoms with E-state index in [4.69, 9.17) is 5.73 Å². The number of hydrogen-bond acceptors (Lipinski definition) is 3. The molecule has 2 rings (SSSR count). The van der Waals surface area contributed by atoms with Crippen molar-refractivity contribution in [2.75, 3.05) is 11.1 Å². The van der Waals surface area contributed by atoms with Crippen molar-refractivity contribution >= 4 is 39.0 Å². The third-order valence-corrected chi connectivity index (χ3v) is 3.45. The van der Waals surface area contributed by atoms with Gasteiger partial charge in [0.15, 0.2) is 5.78 Å². The molecule has 1 amide bonds. The first-order valence-electron chi connectivity index (χ1n) is 6.05. The number of amides is 1. The second-order valence-corrected chi connectivity index (χ2v) is 5.30. The van der Waals surface area contributed by atoms with Crippen molar-refractivity contribution in [1.82, 2.24) is 0 Å². The highest BCUT2D eigenvalue weighted by Crippen LogP contribution is 2.25. The zero-order chi connectivity index (χ0) is 15.6. The minimum Gasteiger partial charge on any atom is -0.396 e. The van der Waals surface area contributed by atoms with Gasteiger partial charge in [-0.15, -0.1) is 0 Å². The lowest BCUT2D eigenvalue weighted by Gasteiger charge is -2.07. The van der Waals surface area contributed by atoms with E-state index >= 15 is 0 Å². The van der Waals surface area contributed by atoms with Gasteiger partial charge in [0, 0.05) is 28.2 Å². The molecule has 0 unspecified atom stereocenters. The predicted octanol–water partition coefficient (Wildman–Crippen LogP) is 3.36. The molecule has 0 saturated heterocycles. The van der Waals surface area contributed by atoms with Gasteiger partial charge in [-0.25, -0.2) is 4.39 Å². The second-order valence-electron chi connectivity index (χ2n) is 4.44. The van der Waals surface area contributed by atoms with Crippen LogP contribution < -0.4 is 11.1 Å². The van der Waals surface area contributed by atoms with Crippen LogP contribution in [0, 0.1) is 5.82 Å². The molecule has 21 heavy (non-hydrogen) atoms. The quantitative estimate of drug-likeness (QED) is 0.658. The molecule has 6 heteroatoms. The van der Waals surface area contributed by atoms with Crippen molar-refractivity contribution in [3.8, 4) is 0 Å². The van der Waals surface area contributed by atoms with Crippen LogP contribution >= 0.6 is 15.9 Å². The van der Waals surface area contributed by atoms with Gasteiger partial charge >= 0.3 is 0 Å². The van der Waals surface area contributed by atoms with Crippen LogP contribution in [0.5, 0.6) is 0 Å². The largest absolute Gasteiger partial charge is 0.396 e. The SMILES string of the molecule is CC(=O)Nc1ccc(C(=O)c2cc(N)c(F)cc2Br)cc1. The average Bonchev–Trinajstić information content (AvgIpc) is 2.42. The number of carbonyl (C=O) groups is 2. The van der Waals surface area contributed by atoms with Crippen molar-refractivity contribution in [3.05, 3.63) is 57.8 Å². The van der Waals surface area contributed by atoms with Crippen molar-refractivity contribution in [1.29, 1.82) is 0 Å². The Hall–Kier alpha value is -2.21. The molecule has 0 aliphatic heterocycles. The summed E-state index contributed by atoms with van der Waals surface area (Å²) < 4.78 is 13.6.